The molecule has 24 heavy (non-hydrogen) atoms. The van der Waals surface area contributed by atoms with Gasteiger partial charge in [-0.15, -0.1) is 0 Å². The molecule has 2 heterocycles. The third kappa shape index (κ3) is 3.53. The second-order valence-electron chi connectivity index (χ2n) is 5.54. The largest absolute Gasteiger partial charge is 0.341 e. The molecule has 1 aromatic carbocycles. The summed E-state index contributed by atoms with van der Waals surface area (Å²) in [6, 6.07) is 9.74. The van der Waals surface area contributed by atoms with Gasteiger partial charge in [-0.05, 0) is 31.0 Å². The molecule has 1 saturated heterocycles. The summed E-state index contributed by atoms with van der Waals surface area (Å²) in [6.07, 6.45) is 4.70. The third-order valence-corrected chi connectivity index (χ3v) is 5.53. The maximum absolute atomic E-state index is 12.5. The minimum absolute atomic E-state index is 0.0290. The van der Waals surface area contributed by atoms with Crippen molar-refractivity contribution in [2.45, 2.75) is 23.8 Å². The minimum atomic E-state index is -3.71. The summed E-state index contributed by atoms with van der Waals surface area (Å²) in [5.74, 6) is 0.661. The van der Waals surface area contributed by atoms with E-state index in [4.69, 9.17) is 5.26 Å². The number of nitriles is 1. The Kier molecular flexibility index (Phi) is 4.74. The number of nitrogens with zero attached hydrogens (tertiary/aromatic N) is 4. The molecular weight excluding hydrogens is 326 g/mol. The number of hydrogen-bond acceptors (Lipinski definition) is 6. The number of aromatic nitrogens is 2. The quantitative estimate of drug-likeness (QED) is 0.898. The lowest BCUT2D eigenvalue weighted by molar-refractivity contribution is 0.456. The second-order valence-corrected chi connectivity index (χ2v) is 7.22. The third-order valence-electron chi connectivity index (χ3n) is 3.95. The molecule has 0 aliphatic carbocycles. The van der Waals surface area contributed by atoms with Crippen LogP contribution in [-0.4, -0.2) is 37.5 Å². The first kappa shape index (κ1) is 16.4. The van der Waals surface area contributed by atoms with Gasteiger partial charge in [0, 0.05) is 31.5 Å². The Hall–Kier alpha value is -2.50. The molecule has 1 N–H and O–H groups in total. The fourth-order valence-corrected chi connectivity index (χ4v) is 4.19. The lowest BCUT2D eigenvalue weighted by atomic mass is 10.1. The molecule has 1 aliphatic rings. The number of hydrogen-bond donors (Lipinski definition) is 1. The lowest BCUT2D eigenvalue weighted by Gasteiger charge is -2.32. The van der Waals surface area contributed by atoms with Gasteiger partial charge < -0.3 is 4.90 Å². The highest BCUT2D eigenvalue weighted by Gasteiger charge is 2.26. The molecule has 1 aliphatic heterocycles. The topological polar surface area (TPSA) is 99.0 Å². The fourth-order valence-electron chi connectivity index (χ4n) is 2.73. The zero-order valence-electron chi connectivity index (χ0n) is 13.0. The van der Waals surface area contributed by atoms with E-state index in [-0.39, 0.29) is 16.5 Å². The van der Waals surface area contributed by atoms with Gasteiger partial charge in [0.15, 0.2) is 0 Å². The summed E-state index contributed by atoms with van der Waals surface area (Å²) in [6.45, 7) is 1.36. The van der Waals surface area contributed by atoms with E-state index in [9.17, 15) is 8.42 Å². The Bertz CT molecular complexity index is 840. The summed E-state index contributed by atoms with van der Waals surface area (Å²) < 4.78 is 27.8. The average Bonchev–Trinajstić information content (AvgIpc) is 2.63. The molecule has 1 aromatic heterocycles. The van der Waals surface area contributed by atoms with Crippen molar-refractivity contribution in [1.29, 1.82) is 5.26 Å². The summed E-state index contributed by atoms with van der Waals surface area (Å²) >= 11 is 0. The van der Waals surface area contributed by atoms with E-state index in [1.54, 1.807) is 30.6 Å². The first-order chi connectivity index (χ1) is 11.6. The smallest absolute Gasteiger partial charge is 0.242 e. The Morgan fingerprint density at radius 3 is 2.46 bits per heavy atom. The van der Waals surface area contributed by atoms with Crippen LogP contribution in [0.4, 0.5) is 5.95 Å². The van der Waals surface area contributed by atoms with E-state index < -0.39 is 10.0 Å². The summed E-state index contributed by atoms with van der Waals surface area (Å²) in [4.78, 5) is 10.5. The van der Waals surface area contributed by atoms with Gasteiger partial charge in [-0.1, -0.05) is 12.1 Å². The highest BCUT2D eigenvalue weighted by atomic mass is 32.2. The summed E-state index contributed by atoms with van der Waals surface area (Å²) in [7, 11) is -3.71. The van der Waals surface area contributed by atoms with E-state index in [2.05, 4.69) is 14.7 Å². The van der Waals surface area contributed by atoms with Crippen LogP contribution >= 0.6 is 0 Å². The number of benzene rings is 1. The number of nitrogens with one attached hydrogen (secondary N) is 1. The molecule has 124 valence electrons. The van der Waals surface area contributed by atoms with Crippen LogP contribution in [0.1, 0.15) is 18.4 Å². The summed E-state index contributed by atoms with van der Waals surface area (Å²) in [5.41, 5.74) is 0.153. The Balaban J connectivity index is 1.67. The number of rotatable bonds is 4. The molecule has 0 spiro atoms. The van der Waals surface area contributed by atoms with Gasteiger partial charge >= 0.3 is 0 Å². The van der Waals surface area contributed by atoms with Gasteiger partial charge in [-0.25, -0.2) is 23.1 Å². The van der Waals surface area contributed by atoms with E-state index >= 15 is 0 Å². The standard InChI is InChI=1S/C16H17N5O2S/c17-12-13-4-1-2-5-15(13)24(22,23)20-14-6-10-21(11-7-14)16-18-8-3-9-19-16/h1-5,8-9,14,20H,6-7,10-11H2. The van der Waals surface area contributed by atoms with Gasteiger partial charge in [-0.2, -0.15) is 5.26 Å². The van der Waals surface area contributed by atoms with Crippen LogP contribution in [-0.2, 0) is 10.0 Å². The van der Waals surface area contributed by atoms with Crippen LogP contribution in [0.15, 0.2) is 47.6 Å². The van der Waals surface area contributed by atoms with E-state index in [1.165, 1.54) is 12.1 Å². The second kappa shape index (κ2) is 6.95. The van der Waals surface area contributed by atoms with Crippen LogP contribution in [0, 0.1) is 11.3 Å². The molecule has 3 rings (SSSR count). The highest BCUT2D eigenvalue weighted by Crippen LogP contribution is 2.19. The zero-order valence-corrected chi connectivity index (χ0v) is 13.8. The van der Waals surface area contributed by atoms with Crippen molar-refractivity contribution in [3.63, 3.8) is 0 Å². The molecule has 1 fully saturated rings. The van der Waals surface area contributed by atoms with Crippen molar-refractivity contribution < 1.29 is 8.42 Å². The zero-order chi connectivity index (χ0) is 17.0. The van der Waals surface area contributed by atoms with E-state index in [0.717, 1.165) is 0 Å². The van der Waals surface area contributed by atoms with Crippen LogP contribution in [0.2, 0.25) is 0 Å². The molecule has 2 aromatic rings. The number of sulfonamides is 1. The predicted octanol–water partition coefficient (Wildman–Crippen LogP) is 1.30. The summed E-state index contributed by atoms with van der Waals surface area (Å²) in [5, 5.41) is 9.09. The fraction of sp³-hybridized carbons (Fsp3) is 0.312. The van der Waals surface area contributed by atoms with Crippen molar-refractivity contribution in [2.75, 3.05) is 18.0 Å². The van der Waals surface area contributed by atoms with Crippen LogP contribution in [0.25, 0.3) is 0 Å². The predicted molar refractivity (Wildman–Crippen MR) is 88.7 cm³/mol. The highest BCUT2D eigenvalue weighted by molar-refractivity contribution is 7.89. The van der Waals surface area contributed by atoms with Gasteiger partial charge in [0.05, 0.1) is 10.5 Å². The van der Waals surface area contributed by atoms with Crippen molar-refractivity contribution in [1.82, 2.24) is 14.7 Å². The van der Waals surface area contributed by atoms with Gasteiger partial charge in [0.2, 0.25) is 16.0 Å². The molecule has 0 atom stereocenters. The van der Waals surface area contributed by atoms with E-state index in [0.29, 0.717) is 31.9 Å². The van der Waals surface area contributed by atoms with Crippen molar-refractivity contribution >= 4 is 16.0 Å². The molecule has 8 heteroatoms. The van der Waals surface area contributed by atoms with Crippen LogP contribution in [0.3, 0.4) is 0 Å². The number of piperidine rings is 1. The van der Waals surface area contributed by atoms with Gasteiger partial charge in [-0.3, -0.25) is 0 Å². The molecule has 0 bridgehead atoms. The molecule has 0 unspecified atom stereocenters. The van der Waals surface area contributed by atoms with Crippen LogP contribution in [0.5, 0.6) is 0 Å². The van der Waals surface area contributed by atoms with Crippen molar-refractivity contribution in [3.8, 4) is 6.07 Å². The first-order valence-electron chi connectivity index (χ1n) is 7.63. The molecule has 0 amide bonds. The van der Waals surface area contributed by atoms with Crippen molar-refractivity contribution in [2.24, 2.45) is 0 Å². The minimum Gasteiger partial charge on any atom is -0.341 e. The Labute approximate surface area is 141 Å². The molecule has 0 saturated carbocycles. The Morgan fingerprint density at radius 2 is 1.79 bits per heavy atom. The lowest BCUT2D eigenvalue weighted by Crippen LogP contribution is -2.45. The van der Waals surface area contributed by atoms with Crippen molar-refractivity contribution in [3.05, 3.63) is 48.3 Å². The maximum atomic E-state index is 12.5. The van der Waals surface area contributed by atoms with Gasteiger partial charge in [0.1, 0.15) is 6.07 Å². The first-order valence-corrected chi connectivity index (χ1v) is 9.12. The van der Waals surface area contributed by atoms with E-state index in [1.807, 2.05) is 11.0 Å². The number of anilines is 1. The molecule has 0 radical (unpaired) electrons. The van der Waals surface area contributed by atoms with Crippen LogP contribution < -0.4 is 9.62 Å². The van der Waals surface area contributed by atoms with Gasteiger partial charge in [0.25, 0.3) is 0 Å². The normalized spacial score (nSPS) is 15.9. The average molecular weight is 343 g/mol. The molecule has 7 nitrogen and oxygen atoms in total. The SMILES string of the molecule is N#Cc1ccccc1S(=O)(=O)NC1CCN(c2ncccn2)CC1. The maximum Gasteiger partial charge on any atom is 0.242 e. The Morgan fingerprint density at radius 1 is 1.12 bits per heavy atom. The molecular formula is C16H17N5O2S. The monoisotopic (exact) mass is 343 g/mol.